The van der Waals surface area contributed by atoms with Crippen LogP contribution in [0.25, 0.3) is 0 Å². The summed E-state index contributed by atoms with van der Waals surface area (Å²) in [6, 6.07) is 5.46. The number of rotatable bonds is 3. The van der Waals surface area contributed by atoms with E-state index in [4.69, 9.17) is 0 Å². The van der Waals surface area contributed by atoms with Crippen molar-refractivity contribution in [2.75, 3.05) is 5.32 Å². The SMILES string of the molecule is CCc1c(C)sc(NC(=O)c2ccncc2)c1C#N. The van der Waals surface area contributed by atoms with Crippen LogP contribution in [0.15, 0.2) is 24.5 Å². The average molecular weight is 271 g/mol. The number of nitrogens with zero attached hydrogens (tertiary/aromatic N) is 2. The van der Waals surface area contributed by atoms with E-state index in [9.17, 15) is 10.1 Å². The zero-order chi connectivity index (χ0) is 13.8. The molecule has 19 heavy (non-hydrogen) atoms. The second kappa shape index (κ2) is 5.63. The first kappa shape index (κ1) is 13.2. The Morgan fingerprint density at radius 1 is 1.47 bits per heavy atom. The number of anilines is 1. The number of carbonyl (C=O) groups excluding carboxylic acids is 1. The lowest BCUT2D eigenvalue weighted by atomic mass is 10.1. The molecule has 0 aromatic carbocycles. The molecule has 4 nitrogen and oxygen atoms in total. The maximum atomic E-state index is 12.0. The number of nitriles is 1. The van der Waals surface area contributed by atoms with Gasteiger partial charge in [0.1, 0.15) is 11.1 Å². The highest BCUT2D eigenvalue weighted by molar-refractivity contribution is 7.16. The minimum absolute atomic E-state index is 0.220. The van der Waals surface area contributed by atoms with Gasteiger partial charge in [-0.3, -0.25) is 9.78 Å². The third-order valence-corrected chi connectivity index (χ3v) is 3.91. The monoisotopic (exact) mass is 271 g/mol. The van der Waals surface area contributed by atoms with Gasteiger partial charge in [-0.05, 0) is 31.0 Å². The first-order chi connectivity index (χ1) is 9.17. The summed E-state index contributed by atoms with van der Waals surface area (Å²) in [6.07, 6.45) is 3.92. The van der Waals surface area contributed by atoms with E-state index in [0.29, 0.717) is 16.1 Å². The summed E-state index contributed by atoms with van der Waals surface area (Å²) in [5.41, 5.74) is 2.12. The maximum Gasteiger partial charge on any atom is 0.256 e. The van der Waals surface area contributed by atoms with Crippen molar-refractivity contribution in [1.29, 1.82) is 5.26 Å². The number of hydrogen-bond acceptors (Lipinski definition) is 4. The predicted molar refractivity (Wildman–Crippen MR) is 75.3 cm³/mol. The largest absolute Gasteiger partial charge is 0.312 e. The zero-order valence-electron chi connectivity index (χ0n) is 10.7. The molecular weight excluding hydrogens is 258 g/mol. The minimum Gasteiger partial charge on any atom is -0.312 e. The second-order valence-corrected chi connectivity index (χ2v) is 5.22. The summed E-state index contributed by atoms with van der Waals surface area (Å²) < 4.78 is 0. The molecule has 0 atom stereocenters. The van der Waals surface area contributed by atoms with Crippen LogP contribution in [0.4, 0.5) is 5.00 Å². The third kappa shape index (κ3) is 2.64. The van der Waals surface area contributed by atoms with Gasteiger partial charge in [0.25, 0.3) is 5.91 Å². The van der Waals surface area contributed by atoms with Gasteiger partial charge >= 0.3 is 0 Å². The van der Waals surface area contributed by atoms with Crippen molar-refractivity contribution in [3.8, 4) is 6.07 Å². The van der Waals surface area contributed by atoms with Gasteiger partial charge in [0.05, 0.1) is 5.56 Å². The Balaban J connectivity index is 2.30. The summed E-state index contributed by atoms with van der Waals surface area (Å²) in [7, 11) is 0. The number of carbonyl (C=O) groups is 1. The van der Waals surface area contributed by atoms with Crippen molar-refractivity contribution in [2.24, 2.45) is 0 Å². The first-order valence-electron chi connectivity index (χ1n) is 5.91. The number of thiophene rings is 1. The minimum atomic E-state index is -0.220. The van der Waals surface area contributed by atoms with Crippen LogP contribution in [0.2, 0.25) is 0 Å². The number of amides is 1. The predicted octanol–water partition coefficient (Wildman–Crippen LogP) is 3.14. The van der Waals surface area contributed by atoms with Gasteiger partial charge in [0, 0.05) is 22.8 Å². The molecule has 0 radical (unpaired) electrons. The van der Waals surface area contributed by atoms with Crippen molar-refractivity contribution in [3.05, 3.63) is 46.1 Å². The van der Waals surface area contributed by atoms with E-state index in [1.54, 1.807) is 24.5 Å². The van der Waals surface area contributed by atoms with Crippen LogP contribution in [0.3, 0.4) is 0 Å². The van der Waals surface area contributed by atoms with E-state index in [-0.39, 0.29) is 5.91 Å². The third-order valence-electron chi connectivity index (χ3n) is 2.84. The van der Waals surface area contributed by atoms with Crippen molar-refractivity contribution in [3.63, 3.8) is 0 Å². The topological polar surface area (TPSA) is 65.8 Å². The van der Waals surface area contributed by atoms with Crippen LogP contribution >= 0.6 is 11.3 Å². The van der Waals surface area contributed by atoms with Crippen molar-refractivity contribution in [2.45, 2.75) is 20.3 Å². The molecule has 96 valence electrons. The number of aromatic nitrogens is 1. The molecule has 2 aromatic heterocycles. The highest BCUT2D eigenvalue weighted by Gasteiger charge is 2.16. The molecule has 0 spiro atoms. The Bertz CT molecular complexity index is 641. The molecule has 0 saturated heterocycles. The van der Waals surface area contributed by atoms with Gasteiger partial charge in [0.15, 0.2) is 0 Å². The molecule has 0 saturated carbocycles. The lowest BCUT2D eigenvalue weighted by Crippen LogP contribution is -2.11. The fourth-order valence-corrected chi connectivity index (χ4v) is 2.98. The van der Waals surface area contributed by atoms with Crippen LogP contribution in [0, 0.1) is 18.3 Å². The summed E-state index contributed by atoms with van der Waals surface area (Å²) in [5, 5.41) is 12.6. The first-order valence-corrected chi connectivity index (χ1v) is 6.72. The van der Waals surface area contributed by atoms with Gasteiger partial charge in [-0.1, -0.05) is 6.92 Å². The van der Waals surface area contributed by atoms with Gasteiger partial charge < -0.3 is 5.32 Å². The van der Waals surface area contributed by atoms with E-state index in [1.165, 1.54) is 11.3 Å². The molecule has 1 amide bonds. The zero-order valence-corrected chi connectivity index (χ0v) is 11.5. The molecule has 2 heterocycles. The van der Waals surface area contributed by atoms with Crippen molar-refractivity contribution >= 4 is 22.2 Å². The van der Waals surface area contributed by atoms with Crippen molar-refractivity contribution in [1.82, 2.24) is 4.98 Å². The summed E-state index contributed by atoms with van der Waals surface area (Å²) in [6.45, 7) is 3.97. The summed E-state index contributed by atoms with van der Waals surface area (Å²) >= 11 is 1.44. The Morgan fingerprint density at radius 3 is 2.74 bits per heavy atom. The van der Waals surface area contributed by atoms with Gasteiger partial charge in [-0.2, -0.15) is 5.26 Å². The Labute approximate surface area is 115 Å². The molecule has 0 aliphatic heterocycles. The Kier molecular flexibility index (Phi) is 3.93. The molecule has 0 unspecified atom stereocenters. The van der Waals surface area contributed by atoms with Crippen LogP contribution in [0.1, 0.15) is 33.3 Å². The molecule has 0 aliphatic carbocycles. The fourth-order valence-electron chi connectivity index (χ4n) is 1.89. The summed E-state index contributed by atoms with van der Waals surface area (Å²) in [5.74, 6) is -0.220. The second-order valence-electron chi connectivity index (χ2n) is 4.00. The van der Waals surface area contributed by atoms with E-state index in [2.05, 4.69) is 16.4 Å². The smallest absolute Gasteiger partial charge is 0.256 e. The molecule has 2 aromatic rings. The quantitative estimate of drug-likeness (QED) is 0.932. The maximum absolute atomic E-state index is 12.0. The molecule has 0 aliphatic rings. The van der Waals surface area contributed by atoms with Crippen LogP contribution in [0.5, 0.6) is 0 Å². The van der Waals surface area contributed by atoms with Crippen LogP contribution in [-0.4, -0.2) is 10.9 Å². The number of hydrogen-bond donors (Lipinski definition) is 1. The van der Waals surface area contributed by atoms with Gasteiger partial charge in [-0.25, -0.2) is 0 Å². The summed E-state index contributed by atoms with van der Waals surface area (Å²) in [4.78, 5) is 17.0. The Morgan fingerprint density at radius 2 is 2.16 bits per heavy atom. The van der Waals surface area contributed by atoms with Gasteiger partial charge in [0.2, 0.25) is 0 Å². The van der Waals surface area contributed by atoms with Crippen LogP contribution in [-0.2, 0) is 6.42 Å². The average Bonchev–Trinajstić information content (AvgIpc) is 2.74. The molecule has 2 rings (SSSR count). The Hall–Kier alpha value is -2.19. The molecule has 0 bridgehead atoms. The molecule has 1 N–H and O–H groups in total. The van der Waals surface area contributed by atoms with Gasteiger partial charge in [-0.15, -0.1) is 11.3 Å². The van der Waals surface area contributed by atoms with E-state index in [1.807, 2.05) is 13.8 Å². The highest BCUT2D eigenvalue weighted by Crippen LogP contribution is 2.32. The number of pyridine rings is 1. The molecule has 5 heteroatoms. The fraction of sp³-hybridized carbons (Fsp3) is 0.214. The standard InChI is InChI=1S/C14H13N3OS/c1-3-11-9(2)19-14(12(11)8-15)17-13(18)10-4-6-16-7-5-10/h4-7H,3H2,1-2H3,(H,17,18). The van der Waals surface area contributed by atoms with Crippen LogP contribution < -0.4 is 5.32 Å². The normalized spacial score (nSPS) is 9.95. The lowest BCUT2D eigenvalue weighted by molar-refractivity contribution is 0.102. The molecule has 0 fully saturated rings. The van der Waals surface area contributed by atoms with E-state index in [0.717, 1.165) is 16.9 Å². The van der Waals surface area contributed by atoms with E-state index < -0.39 is 0 Å². The highest BCUT2D eigenvalue weighted by atomic mass is 32.1. The number of aryl methyl sites for hydroxylation is 1. The van der Waals surface area contributed by atoms with E-state index >= 15 is 0 Å². The molecular formula is C14H13N3OS. The lowest BCUT2D eigenvalue weighted by Gasteiger charge is -2.03. The van der Waals surface area contributed by atoms with Crippen molar-refractivity contribution < 1.29 is 4.79 Å². The number of nitrogens with one attached hydrogen (secondary N) is 1.